The molecule has 5 heteroatoms. The van der Waals surface area contributed by atoms with E-state index in [9.17, 15) is 0 Å². The molecule has 58 valence electrons. The van der Waals surface area contributed by atoms with Gasteiger partial charge in [-0.05, 0) is 6.08 Å². The van der Waals surface area contributed by atoms with Crippen LogP contribution in [0, 0.1) is 62.1 Å². The van der Waals surface area contributed by atoms with Crippen molar-refractivity contribution in [3.05, 3.63) is 11.6 Å². The molecule has 0 saturated carbocycles. The molecule has 0 aromatic carbocycles. The molecule has 0 aliphatic heterocycles. The van der Waals surface area contributed by atoms with Gasteiger partial charge in [0.15, 0.2) is 0 Å². The second-order valence-corrected chi connectivity index (χ2v) is 1.93. The van der Waals surface area contributed by atoms with Crippen molar-refractivity contribution >= 4 is 0 Å². The Bertz CT molecular complexity index is 385. The number of hydrogen-bond donors (Lipinski definition) is 0. The topological polar surface area (TPSA) is 119 Å². The van der Waals surface area contributed by atoms with Gasteiger partial charge in [0.2, 0.25) is 5.41 Å². The van der Waals surface area contributed by atoms with E-state index in [0.29, 0.717) is 0 Å². The van der Waals surface area contributed by atoms with Gasteiger partial charge in [-0.1, -0.05) is 0 Å². The van der Waals surface area contributed by atoms with Crippen LogP contribution in [0.4, 0.5) is 0 Å². The summed E-state index contributed by atoms with van der Waals surface area (Å²) in [5, 5.41) is 42.0. The lowest BCUT2D eigenvalue weighted by atomic mass is 9.92. The summed E-state index contributed by atoms with van der Waals surface area (Å²) in [6, 6.07) is 7.15. The maximum absolute atomic E-state index is 8.46. The van der Waals surface area contributed by atoms with E-state index in [4.69, 9.17) is 26.3 Å². The molecule has 0 rings (SSSR count). The first-order chi connectivity index (χ1) is 6.17. The van der Waals surface area contributed by atoms with Crippen molar-refractivity contribution in [2.24, 2.45) is 5.41 Å². The summed E-state index contributed by atoms with van der Waals surface area (Å²) >= 11 is 0. The van der Waals surface area contributed by atoms with E-state index in [-0.39, 0.29) is 0 Å². The first-order valence-corrected chi connectivity index (χ1v) is 2.95. The highest BCUT2D eigenvalue weighted by Crippen LogP contribution is 2.17. The molecule has 0 aliphatic carbocycles. The Hall–Kier alpha value is -2.81. The summed E-state index contributed by atoms with van der Waals surface area (Å²) in [5.41, 5.74) is -2.47. The fourth-order valence-electron chi connectivity index (χ4n) is 0.478. The Labute approximate surface area is 74.6 Å². The van der Waals surface area contributed by atoms with Crippen LogP contribution >= 0.6 is 0 Å². The molecule has 5 nitrogen and oxygen atoms in total. The molecule has 0 unspecified atom stereocenters. The van der Waals surface area contributed by atoms with Gasteiger partial charge in [0, 0.05) is 0 Å². The Morgan fingerprint density at radius 2 is 1.23 bits per heavy atom. The van der Waals surface area contributed by atoms with Crippen molar-refractivity contribution in [3.63, 3.8) is 0 Å². The molecule has 0 spiro atoms. The van der Waals surface area contributed by atoms with Crippen molar-refractivity contribution in [1.29, 1.82) is 26.3 Å². The van der Waals surface area contributed by atoms with E-state index >= 15 is 0 Å². The third-order valence-corrected chi connectivity index (χ3v) is 1.13. The Morgan fingerprint density at radius 1 is 0.846 bits per heavy atom. The van der Waals surface area contributed by atoms with Gasteiger partial charge in [-0.15, -0.1) is 0 Å². The normalized spacial score (nSPS) is 7.62. The number of allylic oxidation sites excluding steroid dienone is 2. The van der Waals surface area contributed by atoms with E-state index in [2.05, 4.69) is 0 Å². The number of hydrogen-bond acceptors (Lipinski definition) is 5. The molecule has 0 fully saturated rings. The van der Waals surface area contributed by atoms with E-state index in [0.717, 1.165) is 6.08 Å². The summed E-state index contributed by atoms with van der Waals surface area (Å²) in [4.78, 5) is 0. The lowest BCUT2D eigenvalue weighted by molar-refractivity contribution is 0.872. The summed E-state index contributed by atoms with van der Waals surface area (Å²) in [6.07, 6.45) is 0.743. The number of rotatable bonds is 1. The van der Waals surface area contributed by atoms with Crippen LogP contribution in [0.3, 0.4) is 0 Å². The summed E-state index contributed by atoms with van der Waals surface area (Å²) < 4.78 is 0. The van der Waals surface area contributed by atoms with Gasteiger partial charge in [0.05, 0.1) is 0 Å². The van der Waals surface area contributed by atoms with Gasteiger partial charge >= 0.3 is 0 Å². The molecule has 0 saturated heterocycles. The smallest absolute Gasteiger partial charge is 0.195 e. The Morgan fingerprint density at radius 3 is 1.46 bits per heavy atom. The molecule has 0 aromatic heterocycles. The minimum atomic E-state index is -2.04. The van der Waals surface area contributed by atoms with Crippen molar-refractivity contribution in [2.45, 2.75) is 0 Å². The van der Waals surface area contributed by atoms with Gasteiger partial charge in [0.25, 0.3) is 0 Å². The van der Waals surface area contributed by atoms with Crippen LogP contribution in [0.15, 0.2) is 11.6 Å². The van der Waals surface area contributed by atoms with Crippen molar-refractivity contribution in [3.8, 4) is 30.3 Å². The van der Waals surface area contributed by atoms with Crippen LogP contribution < -0.4 is 0 Å². The predicted octanol–water partition coefficient (Wildman–Crippen LogP) is 0.517. The van der Waals surface area contributed by atoms with Crippen molar-refractivity contribution in [2.75, 3.05) is 0 Å². The van der Waals surface area contributed by atoms with E-state index < -0.39 is 11.0 Å². The summed E-state index contributed by atoms with van der Waals surface area (Å²) in [7, 11) is 0. The summed E-state index contributed by atoms with van der Waals surface area (Å²) in [6.45, 7) is 0. The molecule has 0 radical (unpaired) electrons. The highest BCUT2D eigenvalue weighted by molar-refractivity contribution is 5.45. The number of nitrogens with zero attached hydrogens (tertiary/aromatic N) is 5. The average Bonchev–Trinajstić information content (AvgIpc) is 2.21. The van der Waals surface area contributed by atoms with Crippen LogP contribution in [-0.4, -0.2) is 0 Å². The minimum Gasteiger partial charge on any atom is -0.195 e. The lowest BCUT2D eigenvalue weighted by Crippen LogP contribution is -2.09. The maximum Gasteiger partial charge on any atom is 0.248 e. The second-order valence-electron chi connectivity index (χ2n) is 1.93. The van der Waals surface area contributed by atoms with Gasteiger partial charge < -0.3 is 0 Å². The van der Waals surface area contributed by atoms with Gasteiger partial charge in [0.1, 0.15) is 35.9 Å². The number of nitriles is 5. The fourth-order valence-corrected chi connectivity index (χ4v) is 0.478. The molecule has 0 heterocycles. The minimum absolute atomic E-state index is 0.426. The highest BCUT2D eigenvalue weighted by atomic mass is 14.4. The summed E-state index contributed by atoms with van der Waals surface area (Å²) in [5.74, 6) is 0. The van der Waals surface area contributed by atoms with Crippen molar-refractivity contribution < 1.29 is 0 Å². The Balaban J connectivity index is 5.39. The fraction of sp³-hybridized carbons (Fsp3) is 0.125. The molecule has 0 aliphatic rings. The zero-order valence-electron chi connectivity index (χ0n) is 6.31. The molecule has 0 N–H and O–H groups in total. The maximum atomic E-state index is 8.46. The third kappa shape index (κ3) is 2.06. The molecule has 0 amide bonds. The monoisotopic (exact) mass is 167 g/mol. The van der Waals surface area contributed by atoms with Crippen molar-refractivity contribution in [1.82, 2.24) is 0 Å². The largest absolute Gasteiger partial charge is 0.248 e. The molecule has 0 bridgehead atoms. The third-order valence-electron chi connectivity index (χ3n) is 1.13. The molecule has 0 atom stereocenters. The molecule has 13 heavy (non-hydrogen) atoms. The van der Waals surface area contributed by atoms with Gasteiger partial charge in [-0.2, -0.15) is 26.3 Å². The highest BCUT2D eigenvalue weighted by Gasteiger charge is 2.27. The molecular weight excluding hydrogens is 166 g/mol. The van der Waals surface area contributed by atoms with E-state index in [1.165, 1.54) is 30.3 Å². The Kier molecular flexibility index (Phi) is 3.25. The molecular formula is C8HN5. The zero-order chi connectivity index (χ0) is 10.3. The second kappa shape index (κ2) is 4.15. The predicted molar refractivity (Wildman–Crippen MR) is 38.6 cm³/mol. The van der Waals surface area contributed by atoms with E-state index in [1.807, 2.05) is 0 Å². The van der Waals surface area contributed by atoms with Gasteiger partial charge in [-0.3, -0.25) is 0 Å². The standard InChI is InChI=1S/C8HN5/c9-2-7(3-10)1-8(4-11,5-12)6-13/h1H. The molecule has 0 aromatic rings. The van der Waals surface area contributed by atoms with Crippen LogP contribution in [0.1, 0.15) is 0 Å². The first-order valence-electron chi connectivity index (χ1n) is 2.95. The SMILES string of the molecule is N#CC(C#N)=CC(C#N)(C#N)C#N. The van der Waals surface area contributed by atoms with Gasteiger partial charge in [-0.25, -0.2) is 0 Å². The zero-order valence-corrected chi connectivity index (χ0v) is 6.31. The van der Waals surface area contributed by atoms with Crippen LogP contribution in [0.2, 0.25) is 0 Å². The first kappa shape index (κ1) is 10.2. The lowest BCUT2D eigenvalue weighted by Gasteiger charge is -1.99. The quantitative estimate of drug-likeness (QED) is 0.527. The van der Waals surface area contributed by atoms with Crippen LogP contribution in [0.5, 0.6) is 0 Å². The van der Waals surface area contributed by atoms with Crippen LogP contribution in [0.25, 0.3) is 0 Å². The van der Waals surface area contributed by atoms with E-state index in [1.54, 1.807) is 0 Å². The van der Waals surface area contributed by atoms with Crippen LogP contribution in [-0.2, 0) is 0 Å². The average molecular weight is 167 g/mol.